The predicted molar refractivity (Wildman–Crippen MR) is 76.1 cm³/mol. The molecule has 3 nitrogen and oxygen atoms in total. The van der Waals surface area contributed by atoms with Crippen LogP contribution in [0.1, 0.15) is 58.3 Å². The maximum atomic E-state index is 5.83. The molecule has 0 aromatic rings. The van der Waals surface area contributed by atoms with Crippen LogP contribution in [0.3, 0.4) is 0 Å². The Hall–Kier alpha value is -0.120. The lowest BCUT2D eigenvalue weighted by Gasteiger charge is -2.43. The summed E-state index contributed by atoms with van der Waals surface area (Å²) < 4.78 is 11.7. The van der Waals surface area contributed by atoms with Gasteiger partial charge in [-0.15, -0.1) is 0 Å². The van der Waals surface area contributed by atoms with Crippen LogP contribution >= 0.6 is 0 Å². The van der Waals surface area contributed by atoms with Gasteiger partial charge < -0.3 is 14.4 Å². The number of nitrogens with zero attached hydrogens (tertiary/aromatic N) is 1. The third-order valence-corrected chi connectivity index (χ3v) is 5.67. The summed E-state index contributed by atoms with van der Waals surface area (Å²) in [4.78, 5) is 2.67. The van der Waals surface area contributed by atoms with Gasteiger partial charge in [0.05, 0.1) is 13.2 Å². The molecule has 2 aliphatic carbocycles. The van der Waals surface area contributed by atoms with Crippen molar-refractivity contribution in [3.63, 3.8) is 0 Å². The average Bonchev–Trinajstić information content (AvgIpc) is 2.88. The van der Waals surface area contributed by atoms with Gasteiger partial charge >= 0.3 is 0 Å². The molecule has 0 unspecified atom stereocenters. The summed E-state index contributed by atoms with van der Waals surface area (Å²) in [6.07, 6.45) is 10.3. The fourth-order valence-electron chi connectivity index (χ4n) is 4.18. The maximum absolute atomic E-state index is 5.83. The van der Waals surface area contributed by atoms with Crippen molar-refractivity contribution in [3.8, 4) is 0 Å². The van der Waals surface area contributed by atoms with Gasteiger partial charge in [-0.3, -0.25) is 0 Å². The zero-order chi connectivity index (χ0) is 13.3. The van der Waals surface area contributed by atoms with Crippen molar-refractivity contribution in [3.05, 3.63) is 0 Å². The molecular formula is C16H29NO2. The first-order chi connectivity index (χ1) is 9.19. The molecule has 0 atom stereocenters. The smallest absolute Gasteiger partial charge is 0.168 e. The quantitative estimate of drug-likeness (QED) is 0.767. The van der Waals surface area contributed by atoms with Crippen LogP contribution in [-0.4, -0.2) is 43.0 Å². The van der Waals surface area contributed by atoms with Crippen LogP contribution in [0.4, 0.5) is 0 Å². The van der Waals surface area contributed by atoms with Gasteiger partial charge in [-0.2, -0.15) is 0 Å². The minimum atomic E-state index is -0.196. The summed E-state index contributed by atoms with van der Waals surface area (Å²) in [5.41, 5.74) is 0. The highest BCUT2D eigenvalue weighted by Crippen LogP contribution is 2.38. The monoisotopic (exact) mass is 267 g/mol. The number of hydrogen-bond acceptors (Lipinski definition) is 3. The Labute approximate surface area is 117 Å². The summed E-state index contributed by atoms with van der Waals surface area (Å²) in [5, 5.41) is 0. The standard InChI is InChI=1S/C16H29NO2/c1-13-3-5-14(6-4-13)17(2)15-7-9-16(10-8-15)18-11-12-19-16/h13-15H,3-12H2,1-2H3. The summed E-state index contributed by atoms with van der Waals surface area (Å²) in [7, 11) is 2.35. The summed E-state index contributed by atoms with van der Waals surface area (Å²) >= 11 is 0. The molecule has 0 aromatic carbocycles. The van der Waals surface area contributed by atoms with E-state index in [0.717, 1.165) is 44.1 Å². The Bertz CT molecular complexity index is 283. The minimum Gasteiger partial charge on any atom is -0.348 e. The Morgan fingerprint density at radius 1 is 0.842 bits per heavy atom. The molecule has 19 heavy (non-hydrogen) atoms. The van der Waals surface area contributed by atoms with Crippen molar-refractivity contribution in [2.24, 2.45) is 5.92 Å². The molecule has 2 saturated carbocycles. The minimum absolute atomic E-state index is 0.196. The molecule has 0 radical (unpaired) electrons. The lowest BCUT2D eigenvalue weighted by molar-refractivity contribution is -0.184. The van der Waals surface area contributed by atoms with E-state index in [1.54, 1.807) is 0 Å². The van der Waals surface area contributed by atoms with Crippen LogP contribution in [0.25, 0.3) is 0 Å². The molecule has 3 aliphatic rings. The third-order valence-electron chi connectivity index (χ3n) is 5.67. The molecule has 1 aliphatic heterocycles. The van der Waals surface area contributed by atoms with Gasteiger partial charge in [0, 0.05) is 24.9 Å². The van der Waals surface area contributed by atoms with Gasteiger partial charge in [0.1, 0.15) is 0 Å². The second kappa shape index (κ2) is 5.71. The number of ether oxygens (including phenoxy) is 2. The Balaban J connectivity index is 1.50. The Kier molecular flexibility index (Phi) is 4.16. The molecule has 0 amide bonds. The first-order valence-corrected chi connectivity index (χ1v) is 8.18. The highest BCUT2D eigenvalue weighted by Gasteiger charge is 2.41. The van der Waals surface area contributed by atoms with E-state index >= 15 is 0 Å². The topological polar surface area (TPSA) is 21.7 Å². The zero-order valence-corrected chi connectivity index (χ0v) is 12.6. The van der Waals surface area contributed by atoms with E-state index in [9.17, 15) is 0 Å². The van der Waals surface area contributed by atoms with Gasteiger partial charge in [-0.1, -0.05) is 6.92 Å². The molecule has 3 rings (SSSR count). The first-order valence-electron chi connectivity index (χ1n) is 8.18. The summed E-state index contributed by atoms with van der Waals surface area (Å²) in [5.74, 6) is 0.748. The van der Waals surface area contributed by atoms with Crippen LogP contribution in [-0.2, 0) is 9.47 Å². The molecule has 1 spiro atoms. The normalized spacial score (nSPS) is 36.2. The fraction of sp³-hybridized carbons (Fsp3) is 1.00. The molecule has 0 N–H and O–H groups in total. The first kappa shape index (κ1) is 13.8. The van der Waals surface area contributed by atoms with Crippen LogP contribution < -0.4 is 0 Å². The van der Waals surface area contributed by atoms with Crippen LogP contribution in [0, 0.1) is 5.92 Å². The van der Waals surface area contributed by atoms with Gasteiger partial charge in [0.2, 0.25) is 0 Å². The van der Waals surface area contributed by atoms with Crippen molar-refractivity contribution in [1.29, 1.82) is 0 Å². The van der Waals surface area contributed by atoms with Crippen molar-refractivity contribution in [2.45, 2.75) is 76.2 Å². The molecule has 3 heteroatoms. The van der Waals surface area contributed by atoms with Gasteiger partial charge in [0.25, 0.3) is 0 Å². The lowest BCUT2D eigenvalue weighted by atomic mass is 9.83. The molecule has 1 saturated heterocycles. The third kappa shape index (κ3) is 2.98. The second-order valence-electron chi connectivity index (χ2n) is 6.92. The van der Waals surface area contributed by atoms with Gasteiger partial charge in [-0.25, -0.2) is 0 Å². The van der Waals surface area contributed by atoms with Crippen molar-refractivity contribution >= 4 is 0 Å². The number of hydrogen-bond donors (Lipinski definition) is 0. The van der Waals surface area contributed by atoms with Crippen LogP contribution in [0.5, 0.6) is 0 Å². The van der Waals surface area contributed by atoms with E-state index in [1.165, 1.54) is 38.5 Å². The van der Waals surface area contributed by atoms with E-state index in [2.05, 4.69) is 18.9 Å². The van der Waals surface area contributed by atoms with Gasteiger partial charge in [-0.05, 0) is 51.5 Å². The Morgan fingerprint density at radius 3 is 1.95 bits per heavy atom. The zero-order valence-electron chi connectivity index (χ0n) is 12.6. The maximum Gasteiger partial charge on any atom is 0.168 e. The highest BCUT2D eigenvalue weighted by atomic mass is 16.7. The SMILES string of the molecule is CC1CCC(N(C)C2CCC3(CC2)OCCO3)CC1. The van der Waals surface area contributed by atoms with Crippen molar-refractivity contribution < 1.29 is 9.47 Å². The highest BCUT2D eigenvalue weighted by molar-refractivity contribution is 4.89. The van der Waals surface area contributed by atoms with E-state index in [4.69, 9.17) is 9.47 Å². The number of rotatable bonds is 2. The summed E-state index contributed by atoms with van der Waals surface area (Å²) in [6.45, 7) is 3.98. The van der Waals surface area contributed by atoms with Gasteiger partial charge in [0.15, 0.2) is 5.79 Å². The molecule has 1 heterocycles. The summed E-state index contributed by atoms with van der Waals surface area (Å²) in [6, 6.07) is 1.57. The van der Waals surface area contributed by atoms with E-state index < -0.39 is 0 Å². The average molecular weight is 267 g/mol. The largest absolute Gasteiger partial charge is 0.348 e. The molecule has 0 bridgehead atoms. The van der Waals surface area contributed by atoms with E-state index in [1.807, 2.05) is 0 Å². The molecule has 0 aromatic heterocycles. The lowest BCUT2D eigenvalue weighted by Crippen LogP contribution is -2.47. The van der Waals surface area contributed by atoms with Crippen LogP contribution in [0.2, 0.25) is 0 Å². The van der Waals surface area contributed by atoms with Crippen molar-refractivity contribution in [2.75, 3.05) is 20.3 Å². The van der Waals surface area contributed by atoms with E-state index in [0.29, 0.717) is 0 Å². The van der Waals surface area contributed by atoms with E-state index in [-0.39, 0.29) is 5.79 Å². The predicted octanol–water partition coefficient (Wildman–Crippen LogP) is 3.18. The van der Waals surface area contributed by atoms with Crippen molar-refractivity contribution in [1.82, 2.24) is 4.90 Å². The second-order valence-corrected chi connectivity index (χ2v) is 6.92. The molecule has 110 valence electrons. The Morgan fingerprint density at radius 2 is 1.37 bits per heavy atom. The fourth-order valence-corrected chi connectivity index (χ4v) is 4.18. The molecular weight excluding hydrogens is 238 g/mol. The van der Waals surface area contributed by atoms with Crippen LogP contribution in [0.15, 0.2) is 0 Å². The molecule has 3 fully saturated rings.